The summed E-state index contributed by atoms with van der Waals surface area (Å²) in [7, 11) is 1.66. The van der Waals surface area contributed by atoms with Crippen molar-refractivity contribution in [2.75, 3.05) is 26.2 Å². The molecule has 0 saturated heterocycles. The lowest BCUT2D eigenvalue weighted by Crippen LogP contribution is -2.35. The highest BCUT2D eigenvalue weighted by Gasteiger charge is 2.07. The number of carbonyl (C=O) groups excluding carboxylic acids is 1. The number of pyridine rings is 1. The van der Waals surface area contributed by atoms with Crippen LogP contribution in [0.2, 0.25) is 0 Å². The maximum absolute atomic E-state index is 11.9. The van der Waals surface area contributed by atoms with E-state index in [9.17, 15) is 9.59 Å². The molecule has 19 heavy (non-hydrogen) atoms. The van der Waals surface area contributed by atoms with E-state index in [0.29, 0.717) is 12.1 Å². The molecule has 106 valence electrons. The van der Waals surface area contributed by atoms with Gasteiger partial charge in [0, 0.05) is 38.0 Å². The van der Waals surface area contributed by atoms with E-state index in [4.69, 9.17) is 0 Å². The number of likely N-dealkylation sites (N-methyl/N-ethyl adjacent to an activating group) is 1. The van der Waals surface area contributed by atoms with E-state index in [0.717, 1.165) is 26.1 Å². The first kappa shape index (κ1) is 15.4. The zero-order valence-corrected chi connectivity index (χ0v) is 12.0. The largest absolute Gasteiger partial charge is 0.351 e. The Hall–Kier alpha value is -1.62. The van der Waals surface area contributed by atoms with E-state index >= 15 is 0 Å². The predicted molar refractivity (Wildman–Crippen MR) is 76.4 cm³/mol. The highest BCUT2D eigenvalue weighted by molar-refractivity contribution is 5.93. The van der Waals surface area contributed by atoms with Gasteiger partial charge >= 0.3 is 0 Å². The second-order valence-electron chi connectivity index (χ2n) is 4.55. The minimum absolute atomic E-state index is 0.172. The average molecular weight is 265 g/mol. The van der Waals surface area contributed by atoms with Crippen LogP contribution in [0.25, 0.3) is 0 Å². The SMILES string of the molecule is CCCN(CC)CCNC(=O)c1ccn(C)c(=O)c1. The van der Waals surface area contributed by atoms with Crippen molar-refractivity contribution in [3.05, 3.63) is 34.2 Å². The van der Waals surface area contributed by atoms with Crippen LogP contribution in [0.4, 0.5) is 0 Å². The molecule has 0 aromatic carbocycles. The van der Waals surface area contributed by atoms with Gasteiger partial charge in [-0.15, -0.1) is 0 Å². The van der Waals surface area contributed by atoms with E-state index in [1.807, 2.05) is 0 Å². The molecule has 0 aliphatic carbocycles. The Bertz CT molecular complexity index is 468. The maximum atomic E-state index is 11.9. The molecule has 1 rings (SSSR count). The van der Waals surface area contributed by atoms with Crippen LogP contribution in [-0.2, 0) is 7.05 Å². The fourth-order valence-corrected chi connectivity index (χ4v) is 1.86. The standard InChI is InChI=1S/C14H23N3O2/c1-4-8-17(5-2)10-7-15-14(19)12-6-9-16(3)13(18)11-12/h6,9,11H,4-5,7-8,10H2,1-3H3,(H,15,19). The third kappa shape index (κ3) is 4.87. The highest BCUT2D eigenvalue weighted by Crippen LogP contribution is 1.94. The summed E-state index contributed by atoms with van der Waals surface area (Å²) in [5.74, 6) is -0.190. The number of aromatic nitrogens is 1. The van der Waals surface area contributed by atoms with Gasteiger partial charge in [0.2, 0.25) is 0 Å². The van der Waals surface area contributed by atoms with Crippen LogP contribution in [0.3, 0.4) is 0 Å². The molecule has 1 amide bonds. The van der Waals surface area contributed by atoms with E-state index in [-0.39, 0.29) is 11.5 Å². The molecule has 1 aromatic rings. The molecular weight excluding hydrogens is 242 g/mol. The van der Waals surface area contributed by atoms with Crippen molar-refractivity contribution >= 4 is 5.91 Å². The number of hydrogen-bond donors (Lipinski definition) is 1. The summed E-state index contributed by atoms with van der Waals surface area (Å²) >= 11 is 0. The van der Waals surface area contributed by atoms with E-state index in [2.05, 4.69) is 24.1 Å². The molecule has 5 heteroatoms. The molecule has 0 aliphatic rings. The number of nitrogens with one attached hydrogen (secondary N) is 1. The quantitative estimate of drug-likeness (QED) is 0.795. The van der Waals surface area contributed by atoms with Gasteiger partial charge in [0.15, 0.2) is 0 Å². The van der Waals surface area contributed by atoms with Gasteiger partial charge in [-0.05, 0) is 25.6 Å². The average Bonchev–Trinajstić information content (AvgIpc) is 2.40. The minimum atomic E-state index is -0.190. The first-order valence-corrected chi connectivity index (χ1v) is 6.75. The summed E-state index contributed by atoms with van der Waals surface area (Å²) < 4.78 is 1.44. The summed E-state index contributed by atoms with van der Waals surface area (Å²) in [4.78, 5) is 25.6. The lowest BCUT2D eigenvalue weighted by Gasteiger charge is -2.19. The van der Waals surface area contributed by atoms with Crippen molar-refractivity contribution in [1.82, 2.24) is 14.8 Å². The first-order valence-electron chi connectivity index (χ1n) is 6.75. The molecule has 1 N–H and O–H groups in total. The molecule has 0 bridgehead atoms. The number of hydrogen-bond acceptors (Lipinski definition) is 3. The van der Waals surface area contributed by atoms with Crippen LogP contribution in [-0.4, -0.2) is 41.6 Å². The van der Waals surface area contributed by atoms with Gasteiger partial charge in [0.05, 0.1) is 0 Å². The second kappa shape index (κ2) is 7.74. The second-order valence-corrected chi connectivity index (χ2v) is 4.55. The van der Waals surface area contributed by atoms with Crippen molar-refractivity contribution in [2.45, 2.75) is 20.3 Å². The number of amides is 1. The first-order chi connectivity index (χ1) is 9.08. The Kier molecular flexibility index (Phi) is 6.29. The van der Waals surface area contributed by atoms with Crippen LogP contribution in [0.15, 0.2) is 23.1 Å². The summed E-state index contributed by atoms with van der Waals surface area (Å²) in [5, 5.41) is 2.84. The Morgan fingerprint density at radius 3 is 2.68 bits per heavy atom. The smallest absolute Gasteiger partial charge is 0.251 e. The molecule has 1 heterocycles. The number of aryl methyl sites for hydroxylation is 1. The molecule has 0 radical (unpaired) electrons. The number of nitrogens with zero attached hydrogens (tertiary/aromatic N) is 2. The number of carbonyl (C=O) groups is 1. The van der Waals surface area contributed by atoms with Crippen LogP contribution >= 0.6 is 0 Å². The van der Waals surface area contributed by atoms with Gasteiger partial charge in [-0.25, -0.2) is 0 Å². The van der Waals surface area contributed by atoms with E-state index < -0.39 is 0 Å². The maximum Gasteiger partial charge on any atom is 0.251 e. The van der Waals surface area contributed by atoms with Gasteiger partial charge in [-0.3, -0.25) is 9.59 Å². The van der Waals surface area contributed by atoms with Gasteiger partial charge in [-0.1, -0.05) is 13.8 Å². The van der Waals surface area contributed by atoms with Gasteiger partial charge < -0.3 is 14.8 Å². The highest BCUT2D eigenvalue weighted by atomic mass is 16.2. The van der Waals surface area contributed by atoms with Crippen molar-refractivity contribution < 1.29 is 4.79 Å². The molecule has 0 unspecified atom stereocenters. The van der Waals surface area contributed by atoms with Crippen LogP contribution in [0.1, 0.15) is 30.6 Å². The fraction of sp³-hybridized carbons (Fsp3) is 0.571. The normalized spacial score (nSPS) is 10.7. The summed E-state index contributed by atoms with van der Waals surface area (Å²) in [6, 6.07) is 3.01. The Balaban J connectivity index is 2.47. The Morgan fingerprint density at radius 2 is 2.11 bits per heavy atom. The molecule has 0 spiro atoms. The molecular formula is C14H23N3O2. The van der Waals surface area contributed by atoms with Crippen molar-refractivity contribution in [3.8, 4) is 0 Å². The third-order valence-electron chi connectivity index (χ3n) is 3.07. The molecule has 5 nitrogen and oxygen atoms in total. The van der Waals surface area contributed by atoms with E-state index in [1.165, 1.54) is 10.6 Å². The van der Waals surface area contributed by atoms with Gasteiger partial charge in [-0.2, -0.15) is 0 Å². The Morgan fingerprint density at radius 1 is 1.37 bits per heavy atom. The topological polar surface area (TPSA) is 54.3 Å². The van der Waals surface area contributed by atoms with E-state index in [1.54, 1.807) is 19.3 Å². The molecule has 0 atom stereocenters. The van der Waals surface area contributed by atoms with Crippen molar-refractivity contribution in [2.24, 2.45) is 7.05 Å². The molecule has 0 fully saturated rings. The molecule has 1 aromatic heterocycles. The molecule has 0 aliphatic heterocycles. The third-order valence-corrected chi connectivity index (χ3v) is 3.07. The predicted octanol–water partition coefficient (Wildman–Crippen LogP) is 0.847. The zero-order valence-electron chi connectivity index (χ0n) is 12.0. The number of rotatable bonds is 7. The lowest BCUT2D eigenvalue weighted by molar-refractivity contribution is 0.0948. The summed E-state index contributed by atoms with van der Waals surface area (Å²) in [6.07, 6.45) is 2.71. The molecule has 0 saturated carbocycles. The Labute approximate surface area is 114 Å². The van der Waals surface area contributed by atoms with Crippen LogP contribution < -0.4 is 10.9 Å². The summed E-state index contributed by atoms with van der Waals surface area (Å²) in [6.45, 7) is 7.70. The van der Waals surface area contributed by atoms with Crippen molar-refractivity contribution in [3.63, 3.8) is 0 Å². The van der Waals surface area contributed by atoms with Crippen LogP contribution in [0, 0.1) is 0 Å². The minimum Gasteiger partial charge on any atom is -0.351 e. The van der Waals surface area contributed by atoms with Crippen molar-refractivity contribution in [1.29, 1.82) is 0 Å². The monoisotopic (exact) mass is 265 g/mol. The summed E-state index contributed by atoms with van der Waals surface area (Å²) in [5.41, 5.74) is 0.246. The lowest BCUT2D eigenvalue weighted by atomic mass is 10.2. The fourth-order valence-electron chi connectivity index (χ4n) is 1.86. The van der Waals surface area contributed by atoms with Crippen LogP contribution in [0.5, 0.6) is 0 Å². The van der Waals surface area contributed by atoms with Gasteiger partial charge in [0.25, 0.3) is 11.5 Å². The zero-order chi connectivity index (χ0) is 14.3. The van der Waals surface area contributed by atoms with Gasteiger partial charge in [0.1, 0.15) is 0 Å².